The number of hydrogen-bond acceptors (Lipinski definition) is 3. The zero-order valence-corrected chi connectivity index (χ0v) is 14.7. The van der Waals surface area contributed by atoms with Gasteiger partial charge in [-0.25, -0.2) is 0 Å². The highest BCUT2D eigenvalue weighted by Gasteiger charge is 2.23. The Kier molecular flexibility index (Phi) is 4.95. The van der Waals surface area contributed by atoms with Gasteiger partial charge >= 0.3 is 0 Å². The van der Waals surface area contributed by atoms with Gasteiger partial charge in [0.15, 0.2) is 0 Å². The molecule has 0 aromatic heterocycles. The zero-order valence-electron chi connectivity index (χ0n) is 14.0. The molecule has 2 aromatic rings. The van der Waals surface area contributed by atoms with Crippen molar-refractivity contribution in [2.45, 2.75) is 6.92 Å². The summed E-state index contributed by atoms with van der Waals surface area (Å²) in [7, 11) is 1.66. The van der Waals surface area contributed by atoms with E-state index in [-0.39, 0.29) is 5.91 Å². The van der Waals surface area contributed by atoms with Crippen molar-refractivity contribution >= 4 is 23.2 Å². The molecule has 0 spiro atoms. The molecule has 4 nitrogen and oxygen atoms in total. The van der Waals surface area contributed by atoms with Crippen molar-refractivity contribution in [1.29, 1.82) is 0 Å². The Morgan fingerprint density at radius 2 is 1.71 bits per heavy atom. The second-order valence-electron chi connectivity index (χ2n) is 5.96. The molecule has 2 aromatic carbocycles. The minimum absolute atomic E-state index is 0.0905. The van der Waals surface area contributed by atoms with E-state index < -0.39 is 0 Å². The number of hydrogen-bond donors (Lipinski definition) is 0. The first-order valence-electron chi connectivity index (χ1n) is 8.03. The minimum Gasteiger partial charge on any atom is -0.495 e. The zero-order chi connectivity index (χ0) is 17.1. The Bertz CT molecular complexity index is 723. The van der Waals surface area contributed by atoms with E-state index in [2.05, 4.69) is 4.90 Å². The van der Waals surface area contributed by atoms with E-state index in [0.29, 0.717) is 18.1 Å². The summed E-state index contributed by atoms with van der Waals surface area (Å²) in [4.78, 5) is 16.7. The number of rotatable bonds is 3. The fourth-order valence-electron chi connectivity index (χ4n) is 2.94. The molecule has 0 atom stereocenters. The van der Waals surface area contributed by atoms with E-state index in [9.17, 15) is 4.79 Å². The van der Waals surface area contributed by atoms with Crippen molar-refractivity contribution in [2.24, 2.45) is 0 Å². The summed E-state index contributed by atoms with van der Waals surface area (Å²) < 4.78 is 5.43. The average molecular weight is 345 g/mol. The molecule has 1 fully saturated rings. The normalized spacial score (nSPS) is 14.6. The first-order chi connectivity index (χ1) is 11.6. The maximum absolute atomic E-state index is 12.6. The number of aryl methyl sites for hydroxylation is 1. The molecule has 1 heterocycles. The molecule has 1 saturated heterocycles. The first-order valence-corrected chi connectivity index (χ1v) is 8.40. The van der Waals surface area contributed by atoms with E-state index in [0.717, 1.165) is 35.7 Å². The topological polar surface area (TPSA) is 32.8 Å². The molecule has 3 rings (SSSR count). The number of ether oxygens (including phenoxy) is 1. The molecule has 1 aliphatic heterocycles. The Morgan fingerprint density at radius 3 is 2.33 bits per heavy atom. The summed E-state index contributed by atoms with van der Waals surface area (Å²) in [6.07, 6.45) is 0. The minimum atomic E-state index is 0.0905. The van der Waals surface area contributed by atoms with Gasteiger partial charge in [-0.3, -0.25) is 4.79 Å². The number of carbonyl (C=O) groups excluding carboxylic acids is 1. The van der Waals surface area contributed by atoms with Gasteiger partial charge in [-0.1, -0.05) is 29.3 Å². The highest BCUT2D eigenvalue weighted by Crippen LogP contribution is 2.32. The monoisotopic (exact) mass is 344 g/mol. The molecular formula is C19H21ClN2O2. The molecule has 1 aliphatic rings. The van der Waals surface area contributed by atoms with Crippen LogP contribution < -0.4 is 9.64 Å². The molecule has 0 unspecified atom stereocenters. The molecule has 0 N–H and O–H groups in total. The second-order valence-corrected chi connectivity index (χ2v) is 6.40. The van der Waals surface area contributed by atoms with Crippen LogP contribution >= 0.6 is 11.6 Å². The number of piperazine rings is 1. The molecule has 0 aliphatic carbocycles. The quantitative estimate of drug-likeness (QED) is 0.852. The third-order valence-corrected chi connectivity index (χ3v) is 4.58. The maximum atomic E-state index is 12.6. The van der Waals surface area contributed by atoms with Gasteiger partial charge in [-0.2, -0.15) is 0 Å². The largest absolute Gasteiger partial charge is 0.495 e. The Labute approximate surface area is 147 Å². The van der Waals surface area contributed by atoms with Gasteiger partial charge < -0.3 is 14.5 Å². The van der Waals surface area contributed by atoms with E-state index >= 15 is 0 Å². The molecular weight excluding hydrogens is 324 g/mol. The van der Waals surface area contributed by atoms with Gasteiger partial charge in [0.2, 0.25) is 0 Å². The molecule has 5 heteroatoms. The predicted octanol–water partition coefficient (Wildman–Crippen LogP) is 3.62. The van der Waals surface area contributed by atoms with Crippen LogP contribution in [0.4, 0.5) is 5.69 Å². The Balaban J connectivity index is 1.69. The van der Waals surface area contributed by atoms with Crippen LogP contribution in [0.15, 0.2) is 42.5 Å². The van der Waals surface area contributed by atoms with Gasteiger partial charge in [-0.05, 0) is 37.3 Å². The molecule has 24 heavy (non-hydrogen) atoms. The SMILES string of the molecule is COc1ccc(Cl)cc1N1CCN(C(=O)c2ccc(C)cc2)CC1. The van der Waals surface area contributed by atoms with Crippen LogP contribution in [0.1, 0.15) is 15.9 Å². The van der Waals surface area contributed by atoms with E-state index in [4.69, 9.17) is 16.3 Å². The lowest BCUT2D eigenvalue weighted by Crippen LogP contribution is -2.48. The molecule has 1 amide bonds. The van der Waals surface area contributed by atoms with Crippen molar-refractivity contribution in [3.8, 4) is 5.75 Å². The molecule has 0 radical (unpaired) electrons. The van der Waals surface area contributed by atoms with Gasteiger partial charge in [-0.15, -0.1) is 0 Å². The van der Waals surface area contributed by atoms with Crippen LogP contribution in [-0.2, 0) is 0 Å². The van der Waals surface area contributed by atoms with Crippen LogP contribution in [0, 0.1) is 6.92 Å². The van der Waals surface area contributed by atoms with Crippen LogP contribution in [0.25, 0.3) is 0 Å². The summed E-state index contributed by atoms with van der Waals surface area (Å²) in [6.45, 7) is 4.90. The van der Waals surface area contributed by atoms with Crippen LogP contribution in [-0.4, -0.2) is 44.1 Å². The fourth-order valence-corrected chi connectivity index (χ4v) is 3.11. The Morgan fingerprint density at radius 1 is 1.04 bits per heavy atom. The second kappa shape index (κ2) is 7.14. The van der Waals surface area contributed by atoms with E-state index in [1.165, 1.54) is 0 Å². The standard InChI is InChI=1S/C19H21ClN2O2/c1-14-3-5-15(6-4-14)19(23)22-11-9-21(10-12-22)17-13-16(20)7-8-18(17)24-2/h3-8,13H,9-12H2,1-2H3. The van der Waals surface area contributed by atoms with Crippen LogP contribution in [0.5, 0.6) is 5.75 Å². The molecule has 0 bridgehead atoms. The lowest BCUT2D eigenvalue weighted by Gasteiger charge is -2.36. The van der Waals surface area contributed by atoms with Crippen molar-refractivity contribution in [3.63, 3.8) is 0 Å². The number of methoxy groups -OCH3 is 1. The average Bonchev–Trinajstić information content (AvgIpc) is 2.62. The Hall–Kier alpha value is -2.20. The highest BCUT2D eigenvalue weighted by molar-refractivity contribution is 6.30. The summed E-state index contributed by atoms with van der Waals surface area (Å²) >= 11 is 6.12. The summed E-state index contributed by atoms with van der Waals surface area (Å²) in [5.41, 5.74) is 2.88. The summed E-state index contributed by atoms with van der Waals surface area (Å²) in [5, 5.41) is 0.684. The number of anilines is 1. The lowest BCUT2D eigenvalue weighted by atomic mass is 10.1. The van der Waals surface area contributed by atoms with Gasteiger partial charge in [0, 0.05) is 36.8 Å². The van der Waals surface area contributed by atoms with Crippen molar-refractivity contribution in [1.82, 2.24) is 4.90 Å². The van der Waals surface area contributed by atoms with E-state index in [1.54, 1.807) is 7.11 Å². The van der Waals surface area contributed by atoms with Crippen molar-refractivity contribution in [3.05, 3.63) is 58.6 Å². The first kappa shape index (κ1) is 16.7. The number of nitrogens with zero attached hydrogens (tertiary/aromatic N) is 2. The lowest BCUT2D eigenvalue weighted by molar-refractivity contribution is 0.0746. The number of carbonyl (C=O) groups is 1. The summed E-state index contributed by atoms with van der Waals surface area (Å²) in [5.74, 6) is 0.894. The van der Waals surface area contributed by atoms with Gasteiger partial charge in [0.05, 0.1) is 12.8 Å². The predicted molar refractivity (Wildman–Crippen MR) is 97.3 cm³/mol. The smallest absolute Gasteiger partial charge is 0.253 e. The highest BCUT2D eigenvalue weighted by atomic mass is 35.5. The van der Waals surface area contributed by atoms with Crippen molar-refractivity contribution in [2.75, 3.05) is 38.2 Å². The maximum Gasteiger partial charge on any atom is 0.253 e. The molecule has 126 valence electrons. The van der Waals surface area contributed by atoms with Crippen LogP contribution in [0.2, 0.25) is 5.02 Å². The van der Waals surface area contributed by atoms with Crippen molar-refractivity contribution < 1.29 is 9.53 Å². The van der Waals surface area contributed by atoms with E-state index in [1.807, 2.05) is 54.3 Å². The number of halogens is 1. The number of amides is 1. The van der Waals surface area contributed by atoms with Crippen LogP contribution in [0.3, 0.4) is 0 Å². The third-order valence-electron chi connectivity index (χ3n) is 4.35. The molecule has 0 saturated carbocycles. The van der Waals surface area contributed by atoms with Gasteiger partial charge in [0.25, 0.3) is 5.91 Å². The fraction of sp³-hybridized carbons (Fsp3) is 0.316. The third kappa shape index (κ3) is 3.49. The number of benzene rings is 2. The van der Waals surface area contributed by atoms with Gasteiger partial charge in [0.1, 0.15) is 5.75 Å². The summed E-state index contributed by atoms with van der Waals surface area (Å²) in [6, 6.07) is 13.3.